The predicted molar refractivity (Wildman–Crippen MR) is 106 cm³/mol. The van der Waals surface area contributed by atoms with E-state index in [1.165, 1.54) is 11.3 Å². The van der Waals surface area contributed by atoms with Crippen LogP contribution in [0.4, 0.5) is 0 Å². The van der Waals surface area contributed by atoms with E-state index in [9.17, 15) is 13.2 Å². The van der Waals surface area contributed by atoms with Gasteiger partial charge in [-0.15, -0.1) is 11.3 Å². The molecule has 2 fully saturated rings. The molecule has 2 aromatic rings. The van der Waals surface area contributed by atoms with E-state index in [4.69, 9.17) is 0 Å². The normalized spacial score (nSPS) is 24.9. The summed E-state index contributed by atoms with van der Waals surface area (Å²) in [6.07, 6.45) is 2.36. The molecular formula is C19H23N3O3S2. The van der Waals surface area contributed by atoms with Crippen LogP contribution in [0.25, 0.3) is 10.6 Å². The molecule has 1 amide bonds. The third-order valence-electron chi connectivity index (χ3n) is 5.19. The summed E-state index contributed by atoms with van der Waals surface area (Å²) in [6.45, 7) is 1.83. The lowest BCUT2D eigenvalue weighted by Crippen LogP contribution is -2.50. The van der Waals surface area contributed by atoms with E-state index >= 15 is 0 Å². The fourth-order valence-corrected chi connectivity index (χ4v) is 6.70. The van der Waals surface area contributed by atoms with Gasteiger partial charge in [-0.05, 0) is 25.9 Å². The molecule has 2 unspecified atom stereocenters. The highest BCUT2D eigenvalue weighted by Gasteiger charge is 2.42. The van der Waals surface area contributed by atoms with Crippen LogP contribution in [0.2, 0.25) is 0 Å². The van der Waals surface area contributed by atoms with Crippen molar-refractivity contribution in [1.29, 1.82) is 0 Å². The van der Waals surface area contributed by atoms with E-state index in [2.05, 4.69) is 15.2 Å². The first-order chi connectivity index (χ1) is 13.0. The van der Waals surface area contributed by atoms with E-state index in [1.54, 1.807) is 0 Å². The lowest BCUT2D eigenvalue weighted by Gasteiger charge is -2.28. The number of nitrogens with zero attached hydrogens (tertiary/aromatic N) is 2. The van der Waals surface area contributed by atoms with Gasteiger partial charge in [0.25, 0.3) is 0 Å². The van der Waals surface area contributed by atoms with Crippen molar-refractivity contribution in [3.05, 3.63) is 41.4 Å². The minimum atomic E-state index is -3.10. The fourth-order valence-electron chi connectivity index (χ4n) is 3.92. The molecule has 0 aliphatic carbocycles. The zero-order valence-electron chi connectivity index (χ0n) is 15.0. The maximum Gasteiger partial charge on any atom is 0.226 e. The van der Waals surface area contributed by atoms with Crippen molar-refractivity contribution in [3.8, 4) is 10.6 Å². The van der Waals surface area contributed by atoms with Gasteiger partial charge in [-0.25, -0.2) is 13.4 Å². The molecule has 2 aliphatic rings. The second-order valence-corrected chi connectivity index (χ2v) is 10.3. The summed E-state index contributed by atoms with van der Waals surface area (Å²) in [4.78, 5) is 19.3. The quantitative estimate of drug-likeness (QED) is 0.820. The first-order valence-electron chi connectivity index (χ1n) is 9.24. The molecule has 1 N–H and O–H groups in total. The number of carbonyl (C=O) groups excluding carboxylic acids is 1. The summed E-state index contributed by atoms with van der Waals surface area (Å²) >= 11 is 1.51. The molecule has 1 aromatic carbocycles. The van der Waals surface area contributed by atoms with E-state index in [1.807, 2.05) is 35.7 Å². The van der Waals surface area contributed by atoms with Gasteiger partial charge in [-0.2, -0.15) is 0 Å². The lowest BCUT2D eigenvalue weighted by atomic mass is 10.1. The highest BCUT2D eigenvalue weighted by Crippen LogP contribution is 2.24. The van der Waals surface area contributed by atoms with Gasteiger partial charge in [0.15, 0.2) is 9.84 Å². The Hall–Kier alpha value is -1.77. The van der Waals surface area contributed by atoms with Crippen LogP contribution in [0.15, 0.2) is 35.7 Å². The SMILES string of the molecule is O=C(Cc1csc(-c2ccccc2)n1)NC1CS(=O)(=O)CC1N1CCCC1. The van der Waals surface area contributed by atoms with Crippen molar-refractivity contribution in [2.75, 3.05) is 24.6 Å². The van der Waals surface area contributed by atoms with Crippen LogP contribution in [-0.4, -0.2) is 60.9 Å². The molecule has 0 radical (unpaired) electrons. The van der Waals surface area contributed by atoms with Gasteiger partial charge < -0.3 is 5.32 Å². The highest BCUT2D eigenvalue weighted by atomic mass is 32.2. The van der Waals surface area contributed by atoms with Crippen LogP contribution >= 0.6 is 11.3 Å². The average molecular weight is 406 g/mol. The highest BCUT2D eigenvalue weighted by molar-refractivity contribution is 7.91. The molecular weight excluding hydrogens is 382 g/mol. The van der Waals surface area contributed by atoms with Crippen LogP contribution in [0.3, 0.4) is 0 Å². The minimum absolute atomic E-state index is 0.0340. The average Bonchev–Trinajstić information content (AvgIpc) is 3.36. The number of likely N-dealkylation sites (tertiary alicyclic amines) is 1. The topological polar surface area (TPSA) is 79.4 Å². The van der Waals surface area contributed by atoms with Crippen molar-refractivity contribution >= 4 is 27.1 Å². The number of hydrogen-bond donors (Lipinski definition) is 1. The molecule has 0 bridgehead atoms. The van der Waals surface area contributed by atoms with Gasteiger partial charge in [0.2, 0.25) is 5.91 Å². The number of benzene rings is 1. The number of carbonyl (C=O) groups is 1. The Morgan fingerprint density at radius 1 is 1.19 bits per heavy atom. The Morgan fingerprint density at radius 2 is 1.93 bits per heavy atom. The van der Waals surface area contributed by atoms with Crippen LogP contribution in [0.5, 0.6) is 0 Å². The smallest absolute Gasteiger partial charge is 0.226 e. The Morgan fingerprint density at radius 3 is 2.67 bits per heavy atom. The Labute approximate surface area is 163 Å². The van der Waals surface area contributed by atoms with Gasteiger partial charge in [-0.3, -0.25) is 9.69 Å². The number of sulfone groups is 1. The second-order valence-electron chi connectivity index (χ2n) is 7.25. The van der Waals surface area contributed by atoms with E-state index in [-0.39, 0.29) is 35.9 Å². The first-order valence-corrected chi connectivity index (χ1v) is 11.9. The molecule has 27 heavy (non-hydrogen) atoms. The molecule has 2 saturated heterocycles. The van der Waals surface area contributed by atoms with Crippen molar-refractivity contribution in [1.82, 2.24) is 15.2 Å². The number of aromatic nitrogens is 1. The van der Waals surface area contributed by atoms with Gasteiger partial charge in [-0.1, -0.05) is 30.3 Å². The second kappa shape index (κ2) is 7.69. The van der Waals surface area contributed by atoms with E-state index in [0.717, 1.165) is 42.2 Å². The fraction of sp³-hybridized carbons (Fsp3) is 0.474. The minimum Gasteiger partial charge on any atom is -0.350 e. The van der Waals surface area contributed by atoms with Crippen molar-refractivity contribution in [2.24, 2.45) is 0 Å². The molecule has 144 valence electrons. The number of nitrogens with one attached hydrogen (secondary N) is 1. The van der Waals surface area contributed by atoms with Crippen molar-refractivity contribution in [2.45, 2.75) is 31.3 Å². The zero-order valence-corrected chi connectivity index (χ0v) is 16.6. The molecule has 3 heterocycles. The monoisotopic (exact) mass is 405 g/mol. The summed E-state index contributed by atoms with van der Waals surface area (Å²) in [5, 5.41) is 5.74. The summed E-state index contributed by atoms with van der Waals surface area (Å²) in [7, 11) is -3.10. The predicted octanol–water partition coefficient (Wildman–Crippen LogP) is 1.73. The number of hydrogen-bond acceptors (Lipinski definition) is 6. The summed E-state index contributed by atoms with van der Waals surface area (Å²) in [5.41, 5.74) is 1.75. The zero-order chi connectivity index (χ0) is 18.9. The maximum atomic E-state index is 12.5. The number of rotatable bonds is 5. The summed E-state index contributed by atoms with van der Waals surface area (Å²) in [5.74, 6) is 0.0187. The third-order valence-corrected chi connectivity index (χ3v) is 7.85. The van der Waals surface area contributed by atoms with Crippen LogP contribution in [-0.2, 0) is 21.1 Å². The summed E-state index contributed by atoms with van der Waals surface area (Å²) < 4.78 is 24.2. The van der Waals surface area contributed by atoms with Gasteiger partial charge in [0.05, 0.1) is 29.7 Å². The van der Waals surface area contributed by atoms with Crippen LogP contribution in [0.1, 0.15) is 18.5 Å². The molecule has 0 saturated carbocycles. The molecule has 4 rings (SSSR count). The maximum absolute atomic E-state index is 12.5. The number of thiazole rings is 1. The van der Waals surface area contributed by atoms with Gasteiger partial charge in [0.1, 0.15) is 5.01 Å². The van der Waals surface area contributed by atoms with Crippen LogP contribution in [0, 0.1) is 0 Å². The Bertz CT molecular complexity index is 905. The molecule has 1 aromatic heterocycles. The Balaban J connectivity index is 1.40. The molecule has 2 aliphatic heterocycles. The van der Waals surface area contributed by atoms with E-state index < -0.39 is 9.84 Å². The molecule has 6 nitrogen and oxygen atoms in total. The molecule has 8 heteroatoms. The standard InChI is InChI=1S/C19H23N3O3S2/c23-18(10-15-11-26-19(20-15)14-6-2-1-3-7-14)21-16-12-27(24,25)13-17(16)22-8-4-5-9-22/h1-3,6-7,11,16-17H,4-5,8-10,12-13H2,(H,21,23). The van der Waals surface area contributed by atoms with E-state index in [0.29, 0.717) is 0 Å². The molecule has 0 spiro atoms. The Kier molecular flexibility index (Phi) is 5.29. The van der Waals surface area contributed by atoms with Crippen molar-refractivity contribution < 1.29 is 13.2 Å². The largest absolute Gasteiger partial charge is 0.350 e. The van der Waals surface area contributed by atoms with Gasteiger partial charge in [0, 0.05) is 17.0 Å². The van der Waals surface area contributed by atoms with Gasteiger partial charge >= 0.3 is 0 Å². The third kappa shape index (κ3) is 4.39. The van der Waals surface area contributed by atoms with Crippen molar-refractivity contribution in [3.63, 3.8) is 0 Å². The van der Waals surface area contributed by atoms with Crippen LogP contribution < -0.4 is 5.32 Å². The summed E-state index contributed by atoms with van der Waals surface area (Å²) in [6, 6.07) is 9.44. The lowest BCUT2D eigenvalue weighted by molar-refractivity contribution is -0.121. The number of amides is 1. The first kappa shape index (κ1) is 18.6. The molecule has 2 atom stereocenters.